The fourth-order valence-electron chi connectivity index (χ4n) is 3.00. The third-order valence-corrected chi connectivity index (χ3v) is 4.32. The summed E-state index contributed by atoms with van der Waals surface area (Å²) in [5.41, 5.74) is 1.23. The van der Waals surface area contributed by atoms with Crippen LogP contribution in [0.2, 0.25) is 0 Å². The number of rotatable bonds is 3. The number of carbonyl (C=O) groups is 1. The quantitative estimate of drug-likeness (QED) is 0.876. The smallest absolute Gasteiger partial charge is 0.327 e. The number of amides is 1. The van der Waals surface area contributed by atoms with Crippen LogP contribution < -0.4 is 11.2 Å². The number of H-pyrrole nitrogens is 1. The predicted molar refractivity (Wildman–Crippen MR) is 91.2 cm³/mol. The molecule has 0 aliphatic carbocycles. The molecule has 3 rings (SSSR count). The molecule has 0 aromatic carbocycles. The highest BCUT2D eigenvalue weighted by atomic mass is 16.2. The van der Waals surface area contributed by atoms with Gasteiger partial charge in [-0.3, -0.25) is 14.2 Å². The Morgan fingerprint density at radius 3 is 2.68 bits per heavy atom. The monoisotopic (exact) mass is 343 g/mol. The SMILES string of the molecule is Cc1nc2c(c(=O)n1C)CN(C(=O)c1cc(CC(C)C)[nH]c(=O)n1)C2. The number of fused-ring (bicyclic) bond motifs is 1. The Kier molecular flexibility index (Phi) is 4.28. The van der Waals surface area contributed by atoms with Gasteiger partial charge in [-0.25, -0.2) is 9.78 Å². The van der Waals surface area contributed by atoms with Gasteiger partial charge in [0.05, 0.1) is 24.3 Å². The highest BCUT2D eigenvalue weighted by Gasteiger charge is 2.29. The first kappa shape index (κ1) is 17.1. The highest BCUT2D eigenvalue weighted by Crippen LogP contribution is 2.20. The second kappa shape index (κ2) is 6.27. The molecule has 0 atom stereocenters. The van der Waals surface area contributed by atoms with Crippen LogP contribution in [-0.4, -0.2) is 30.3 Å². The maximum Gasteiger partial charge on any atom is 0.345 e. The summed E-state index contributed by atoms with van der Waals surface area (Å²) in [6, 6.07) is 1.61. The van der Waals surface area contributed by atoms with Gasteiger partial charge in [-0.05, 0) is 25.3 Å². The van der Waals surface area contributed by atoms with E-state index < -0.39 is 5.69 Å². The molecule has 0 radical (unpaired) electrons. The second-order valence-electron chi connectivity index (χ2n) is 6.80. The number of carbonyl (C=O) groups excluding carboxylic acids is 1. The summed E-state index contributed by atoms with van der Waals surface area (Å²) in [7, 11) is 1.66. The maximum atomic E-state index is 12.8. The lowest BCUT2D eigenvalue weighted by Crippen LogP contribution is -2.30. The van der Waals surface area contributed by atoms with Gasteiger partial charge in [0, 0.05) is 12.7 Å². The normalized spacial score (nSPS) is 13.4. The van der Waals surface area contributed by atoms with Gasteiger partial charge in [-0.1, -0.05) is 13.8 Å². The highest BCUT2D eigenvalue weighted by molar-refractivity contribution is 5.92. The summed E-state index contributed by atoms with van der Waals surface area (Å²) >= 11 is 0. The lowest BCUT2D eigenvalue weighted by Gasteiger charge is -2.14. The molecular formula is C17H21N5O3. The average Bonchev–Trinajstić information content (AvgIpc) is 2.94. The van der Waals surface area contributed by atoms with Crippen LogP contribution in [0.1, 0.15) is 47.1 Å². The summed E-state index contributed by atoms with van der Waals surface area (Å²) in [4.78, 5) is 49.2. The van der Waals surface area contributed by atoms with Gasteiger partial charge in [0.2, 0.25) is 0 Å². The van der Waals surface area contributed by atoms with Gasteiger partial charge in [-0.15, -0.1) is 0 Å². The van der Waals surface area contributed by atoms with Crippen LogP contribution >= 0.6 is 0 Å². The van der Waals surface area contributed by atoms with Crippen LogP contribution in [0.15, 0.2) is 15.7 Å². The molecule has 3 heterocycles. The van der Waals surface area contributed by atoms with Crippen LogP contribution in [0.5, 0.6) is 0 Å². The molecule has 8 heteroatoms. The van der Waals surface area contributed by atoms with Crippen molar-refractivity contribution in [2.45, 2.75) is 40.3 Å². The summed E-state index contributed by atoms with van der Waals surface area (Å²) in [5.74, 6) is 0.576. The number of aromatic amines is 1. The Labute approximate surface area is 144 Å². The van der Waals surface area contributed by atoms with Crippen molar-refractivity contribution in [3.8, 4) is 0 Å². The molecule has 132 valence electrons. The van der Waals surface area contributed by atoms with Crippen molar-refractivity contribution in [3.63, 3.8) is 0 Å². The number of hydrogen-bond donors (Lipinski definition) is 1. The second-order valence-corrected chi connectivity index (χ2v) is 6.80. The zero-order chi connectivity index (χ0) is 18.3. The van der Waals surface area contributed by atoms with Gasteiger partial charge in [0.1, 0.15) is 11.5 Å². The first-order chi connectivity index (χ1) is 11.8. The Bertz CT molecular complexity index is 958. The van der Waals surface area contributed by atoms with Crippen molar-refractivity contribution in [3.05, 3.63) is 55.4 Å². The Morgan fingerprint density at radius 1 is 1.28 bits per heavy atom. The van der Waals surface area contributed by atoms with Crippen molar-refractivity contribution in [1.29, 1.82) is 0 Å². The summed E-state index contributed by atoms with van der Waals surface area (Å²) in [6.45, 7) is 6.24. The number of nitrogens with one attached hydrogen (secondary N) is 1. The van der Waals surface area contributed by atoms with Gasteiger partial charge < -0.3 is 9.88 Å². The van der Waals surface area contributed by atoms with E-state index in [1.54, 1.807) is 20.0 Å². The molecule has 0 spiro atoms. The van der Waals surface area contributed by atoms with Gasteiger partial charge in [0.15, 0.2) is 0 Å². The van der Waals surface area contributed by atoms with Crippen molar-refractivity contribution >= 4 is 5.91 Å². The molecule has 1 N–H and O–H groups in total. The minimum absolute atomic E-state index is 0.0979. The predicted octanol–water partition coefficient (Wildman–Crippen LogP) is 0.527. The van der Waals surface area contributed by atoms with E-state index in [1.165, 1.54) is 9.47 Å². The van der Waals surface area contributed by atoms with Crippen molar-refractivity contribution in [2.24, 2.45) is 13.0 Å². The van der Waals surface area contributed by atoms with Gasteiger partial charge in [-0.2, -0.15) is 4.98 Å². The Balaban J connectivity index is 1.91. The fraction of sp³-hybridized carbons (Fsp3) is 0.471. The van der Waals surface area contributed by atoms with Crippen LogP contribution in [0.3, 0.4) is 0 Å². The lowest BCUT2D eigenvalue weighted by molar-refractivity contribution is 0.0743. The molecule has 1 aliphatic rings. The van der Waals surface area contributed by atoms with E-state index in [1.807, 2.05) is 13.8 Å². The minimum atomic E-state index is -0.539. The van der Waals surface area contributed by atoms with Gasteiger partial charge in [0.25, 0.3) is 11.5 Å². The van der Waals surface area contributed by atoms with E-state index in [0.717, 1.165) is 0 Å². The average molecular weight is 343 g/mol. The molecule has 0 fully saturated rings. The third kappa shape index (κ3) is 3.24. The molecule has 2 aromatic heterocycles. The zero-order valence-corrected chi connectivity index (χ0v) is 14.8. The minimum Gasteiger partial charge on any atom is -0.327 e. The number of aromatic nitrogens is 4. The lowest BCUT2D eigenvalue weighted by atomic mass is 10.1. The maximum absolute atomic E-state index is 12.8. The van der Waals surface area contributed by atoms with E-state index in [9.17, 15) is 14.4 Å². The fourth-order valence-corrected chi connectivity index (χ4v) is 3.00. The Morgan fingerprint density at radius 2 is 2.00 bits per heavy atom. The summed E-state index contributed by atoms with van der Waals surface area (Å²) in [5, 5.41) is 0. The molecule has 1 amide bonds. The third-order valence-electron chi connectivity index (χ3n) is 4.32. The molecule has 8 nitrogen and oxygen atoms in total. The van der Waals surface area contributed by atoms with Crippen LogP contribution in [0, 0.1) is 12.8 Å². The van der Waals surface area contributed by atoms with Crippen LogP contribution in [0.25, 0.3) is 0 Å². The molecule has 1 aliphatic heterocycles. The van der Waals surface area contributed by atoms with E-state index in [2.05, 4.69) is 15.0 Å². The van der Waals surface area contributed by atoms with E-state index in [0.29, 0.717) is 35.1 Å². The van der Waals surface area contributed by atoms with E-state index in [4.69, 9.17) is 0 Å². The van der Waals surface area contributed by atoms with Crippen LogP contribution in [-0.2, 0) is 26.6 Å². The van der Waals surface area contributed by atoms with E-state index in [-0.39, 0.29) is 30.2 Å². The first-order valence-electron chi connectivity index (χ1n) is 8.21. The zero-order valence-electron chi connectivity index (χ0n) is 14.8. The van der Waals surface area contributed by atoms with Crippen LogP contribution in [0.4, 0.5) is 0 Å². The first-order valence-corrected chi connectivity index (χ1v) is 8.21. The number of nitrogens with zero attached hydrogens (tertiary/aromatic N) is 4. The largest absolute Gasteiger partial charge is 0.345 e. The molecular weight excluding hydrogens is 322 g/mol. The summed E-state index contributed by atoms with van der Waals surface area (Å²) < 4.78 is 1.47. The van der Waals surface area contributed by atoms with Crippen molar-refractivity contribution in [1.82, 2.24) is 24.4 Å². The number of aryl methyl sites for hydroxylation is 1. The number of hydrogen-bond acceptors (Lipinski definition) is 5. The summed E-state index contributed by atoms with van der Waals surface area (Å²) in [6.07, 6.45) is 0.652. The van der Waals surface area contributed by atoms with E-state index >= 15 is 0 Å². The standard InChI is InChI=1S/C17H21N5O3/c1-9(2)5-11-6-13(20-17(25)19-11)16(24)22-7-12-14(8-22)18-10(3)21(4)15(12)23/h6,9H,5,7-8H2,1-4H3,(H,19,20,25). The molecule has 0 saturated carbocycles. The molecule has 25 heavy (non-hydrogen) atoms. The van der Waals surface area contributed by atoms with Gasteiger partial charge >= 0.3 is 5.69 Å². The molecule has 0 bridgehead atoms. The molecule has 0 unspecified atom stereocenters. The Hall–Kier alpha value is -2.77. The molecule has 0 saturated heterocycles. The van der Waals surface area contributed by atoms with Crippen molar-refractivity contribution < 1.29 is 4.79 Å². The molecule has 2 aromatic rings. The topological polar surface area (TPSA) is 101 Å². The van der Waals surface area contributed by atoms with Crippen molar-refractivity contribution in [2.75, 3.05) is 0 Å².